The van der Waals surface area contributed by atoms with Gasteiger partial charge in [-0.25, -0.2) is 9.78 Å². The van der Waals surface area contributed by atoms with Crippen LogP contribution in [0.2, 0.25) is 0 Å². The summed E-state index contributed by atoms with van der Waals surface area (Å²) in [5.41, 5.74) is 3.92. The van der Waals surface area contributed by atoms with Gasteiger partial charge >= 0.3 is 12.1 Å². The summed E-state index contributed by atoms with van der Waals surface area (Å²) in [5.74, 6) is -0.0923. The number of methoxy groups -OCH3 is 1. The molecule has 37 heavy (non-hydrogen) atoms. The number of anilines is 1. The van der Waals surface area contributed by atoms with E-state index >= 15 is 0 Å². The summed E-state index contributed by atoms with van der Waals surface area (Å²) in [6.45, 7) is 3.21. The number of hydrogen-bond donors (Lipinski definition) is 1. The quantitative estimate of drug-likeness (QED) is 0.644. The molecule has 4 aliphatic rings. The minimum Gasteiger partial charge on any atom is -0.481 e. The third-order valence-corrected chi connectivity index (χ3v) is 9.34. The highest BCUT2D eigenvalue weighted by Gasteiger charge is 2.48. The monoisotopic (exact) mass is 508 g/mol. The van der Waals surface area contributed by atoms with Crippen LogP contribution in [0.3, 0.4) is 0 Å². The molecule has 1 saturated heterocycles. The van der Waals surface area contributed by atoms with Gasteiger partial charge in [0.25, 0.3) is 0 Å². The number of aliphatic carboxylic acids is 1. The first-order chi connectivity index (χ1) is 17.8. The predicted octanol–water partition coefficient (Wildman–Crippen LogP) is 4.66. The number of likely N-dealkylation sites (tertiary alicyclic amines) is 1. The molecule has 2 amide bonds. The van der Waals surface area contributed by atoms with Crippen molar-refractivity contribution < 1.29 is 24.2 Å². The maximum absolute atomic E-state index is 13.1. The Bertz CT molecular complexity index is 1260. The van der Waals surface area contributed by atoms with Crippen molar-refractivity contribution in [1.82, 2.24) is 14.5 Å². The van der Waals surface area contributed by atoms with Crippen molar-refractivity contribution in [3.63, 3.8) is 0 Å². The van der Waals surface area contributed by atoms with Gasteiger partial charge in [-0.05, 0) is 75.8 Å². The SMILES string of the molecule is COC(=O)N1c2ccc3c(nc(CN4CCC5(CC5)CC4=O)n3[C@@H]3CCC[C@@H](C(=O)O)C3)c2CC[C@@H]1C. The van der Waals surface area contributed by atoms with Crippen molar-refractivity contribution in [2.45, 2.75) is 89.8 Å². The van der Waals surface area contributed by atoms with Crippen LogP contribution in [-0.2, 0) is 27.3 Å². The lowest BCUT2D eigenvalue weighted by atomic mass is 9.85. The van der Waals surface area contributed by atoms with Gasteiger partial charge in [-0.2, -0.15) is 0 Å². The van der Waals surface area contributed by atoms with Crippen LogP contribution < -0.4 is 4.90 Å². The van der Waals surface area contributed by atoms with Crippen LogP contribution >= 0.6 is 0 Å². The second kappa shape index (κ2) is 9.03. The van der Waals surface area contributed by atoms with Gasteiger partial charge in [0.15, 0.2) is 0 Å². The number of fused-ring (bicyclic) bond motifs is 3. The number of carboxylic acid groups (broad SMARTS) is 1. The lowest BCUT2D eigenvalue weighted by molar-refractivity contribution is -0.143. The zero-order valence-corrected chi connectivity index (χ0v) is 21.7. The molecule has 0 bridgehead atoms. The molecule has 1 aromatic heterocycles. The second-order valence-corrected chi connectivity index (χ2v) is 11.7. The molecule has 2 saturated carbocycles. The Kier molecular flexibility index (Phi) is 5.92. The fraction of sp³-hybridized carbons (Fsp3) is 0.643. The largest absolute Gasteiger partial charge is 0.481 e. The molecular formula is C28H36N4O5. The summed E-state index contributed by atoms with van der Waals surface area (Å²) >= 11 is 0. The van der Waals surface area contributed by atoms with Crippen molar-refractivity contribution in [2.24, 2.45) is 11.3 Å². The standard InChI is InChI=1S/C28H36N4O5/c1-17-6-7-20-21(31(17)27(36)37-2)8-9-22-25(20)29-23(16-30-13-12-28(10-11-28)15-24(30)33)32(22)19-5-3-4-18(14-19)26(34)35/h8-9,17-19H,3-7,10-16H2,1-2H3,(H,34,35)/t17-,18+,19+/m0/s1. The summed E-state index contributed by atoms with van der Waals surface area (Å²) in [4.78, 5) is 46.4. The average molecular weight is 509 g/mol. The topological polar surface area (TPSA) is 105 Å². The van der Waals surface area contributed by atoms with Crippen molar-refractivity contribution in [3.05, 3.63) is 23.5 Å². The number of carbonyl (C=O) groups excluding carboxylic acids is 2. The van der Waals surface area contributed by atoms with Gasteiger partial charge in [0, 0.05) is 30.6 Å². The average Bonchev–Trinajstić information content (AvgIpc) is 3.53. The van der Waals surface area contributed by atoms with Crippen LogP contribution in [0.25, 0.3) is 11.0 Å². The number of benzene rings is 1. The van der Waals surface area contributed by atoms with Crippen LogP contribution in [0.1, 0.15) is 82.1 Å². The number of carbonyl (C=O) groups is 3. The highest BCUT2D eigenvalue weighted by molar-refractivity contribution is 5.95. The first-order valence-corrected chi connectivity index (χ1v) is 13.7. The van der Waals surface area contributed by atoms with Crippen LogP contribution in [0.15, 0.2) is 12.1 Å². The molecule has 3 atom stereocenters. The number of piperidine rings is 1. The van der Waals surface area contributed by atoms with Gasteiger partial charge in [0.2, 0.25) is 5.91 Å². The van der Waals surface area contributed by atoms with E-state index in [0.29, 0.717) is 25.8 Å². The van der Waals surface area contributed by atoms with E-state index in [1.807, 2.05) is 24.0 Å². The van der Waals surface area contributed by atoms with Gasteiger partial charge in [-0.15, -0.1) is 0 Å². The van der Waals surface area contributed by atoms with Crippen LogP contribution in [0.4, 0.5) is 10.5 Å². The van der Waals surface area contributed by atoms with Gasteiger partial charge in [-0.3, -0.25) is 14.5 Å². The Morgan fingerprint density at radius 1 is 1.19 bits per heavy atom. The molecule has 6 rings (SSSR count). The van der Waals surface area contributed by atoms with Gasteiger partial charge < -0.3 is 19.3 Å². The van der Waals surface area contributed by atoms with Crippen LogP contribution in [0.5, 0.6) is 0 Å². The number of aromatic nitrogens is 2. The van der Waals surface area contributed by atoms with E-state index in [1.54, 1.807) is 4.90 Å². The Morgan fingerprint density at radius 3 is 2.70 bits per heavy atom. The molecule has 0 unspecified atom stereocenters. The summed E-state index contributed by atoms with van der Waals surface area (Å²) < 4.78 is 7.31. The normalized spacial score (nSPS) is 26.9. The van der Waals surface area contributed by atoms with Crippen LogP contribution in [-0.4, -0.2) is 57.2 Å². The minimum absolute atomic E-state index is 0.0155. The lowest BCUT2D eigenvalue weighted by Crippen LogP contribution is -2.42. The molecule has 1 N–H and O–H groups in total. The third kappa shape index (κ3) is 4.16. The molecular weight excluding hydrogens is 472 g/mol. The van der Waals surface area contributed by atoms with Crippen molar-refractivity contribution in [1.29, 1.82) is 0 Å². The highest BCUT2D eigenvalue weighted by atomic mass is 16.5. The first kappa shape index (κ1) is 24.2. The molecule has 1 spiro atoms. The molecule has 9 heteroatoms. The maximum Gasteiger partial charge on any atom is 0.414 e. The number of nitrogens with zero attached hydrogens (tertiary/aromatic N) is 4. The Labute approximate surface area is 216 Å². The Morgan fingerprint density at radius 2 is 2.00 bits per heavy atom. The maximum atomic E-state index is 13.1. The molecule has 2 aliphatic carbocycles. The van der Waals surface area contributed by atoms with Crippen molar-refractivity contribution in [3.8, 4) is 0 Å². The van der Waals surface area contributed by atoms with Gasteiger partial charge in [-0.1, -0.05) is 6.42 Å². The highest BCUT2D eigenvalue weighted by Crippen LogP contribution is 2.54. The van der Waals surface area contributed by atoms with E-state index in [-0.39, 0.29) is 35.4 Å². The van der Waals surface area contributed by atoms with E-state index in [4.69, 9.17) is 9.72 Å². The lowest BCUT2D eigenvalue weighted by Gasteiger charge is -2.34. The number of carboxylic acids is 1. The van der Waals surface area contributed by atoms with E-state index in [1.165, 1.54) is 7.11 Å². The van der Waals surface area contributed by atoms with E-state index in [2.05, 4.69) is 4.57 Å². The first-order valence-electron chi connectivity index (χ1n) is 13.7. The molecule has 198 valence electrons. The third-order valence-electron chi connectivity index (χ3n) is 9.34. The Hall–Kier alpha value is -3.10. The fourth-order valence-corrected chi connectivity index (χ4v) is 6.92. The summed E-state index contributed by atoms with van der Waals surface area (Å²) in [6, 6.07) is 4.03. The van der Waals surface area contributed by atoms with E-state index < -0.39 is 5.97 Å². The summed E-state index contributed by atoms with van der Waals surface area (Å²) in [7, 11) is 1.40. The van der Waals surface area contributed by atoms with E-state index in [0.717, 1.165) is 79.6 Å². The molecule has 3 fully saturated rings. The smallest absolute Gasteiger partial charge is 0.414 e. The summed E-state index contributed by atoms with van der Waals surface area (Å²) in [6.07, 6.45) is 8.21. The number of rotatable bonds is 4. The number of hydrogen-bond acceptors (Lipinski definition) is 5. The van der Waals surface area contributed by atoms with Crippen molar-refractivity contribution in [2.75, 3.05) is 18.6 Å². The molecule has 2 aromatic rings. The fourth-order valence-electron chi connectivity index (χ4n) is 6.92. The van der Waals surface area contributed by atoms with E-state index in [9.17, 15) is 19.5 Å². The molecule has 9 nitrogen and oxygen atoms in total. The zero-order chi connectivity index (χ0) is 25.9. The number of ether oxygens (including phenoxy) is 1. The molecule has 1 aromatic carbocycles. The predicted molar refractivity (Wildman–Crippen MR) is 137 cm³/mol. The minimum atomic E-state index is -0.739. The second-order valence-electron chi connectivity index (χ2n) is 11.7. The number of amides is 2. The number of imidazole rings is 1. The zero-order valence-electron chi connectivity index (χ0n) is 21.7. The number of aryl methyl sites for hydroxylation is 1. The molecule has 2 aliphatic heterocycles. The summed E-state index contributed by atoms with van der Waals surface area (Å²) in [5, 5.41) is 9.75. The molecule has 0 radical (unpaired) electrons. The van der Waals surface area contributed by atoms with Gasteiger partial charge in [0.1, 0.15) is 5.82 Å². The van der Waals surface area contributed by atoms with Gasteiger partial charge in [0.05, 0.1) is 36.3 Å². The van der Waals surface area contributed by atoms with Crippen molar-refractivity contribution >= 4 is 34.7 Å². The molecule has 3 heterocycles. The van der Waals surface area contributed by atoms with Crippen LogP contribution in [0, 0.1) is 11.3 Å². The Balaban J connectivity index is 1.43.